The number of hydrogen-bond acceptors (Lipinski definition) is 2. The molecule has 0 saturated carbocycles. The Morgan fingerprint density at radius 3 is 2.84 bits per heavy atom. The molecule has 0 saturated heterocycles. The Morgan fingerprint density at radius 2 is 2.00 bits per heavy atom. The molecule has 19 heavy (non-hydrogen) atoms. The molecule has 3 rings (SSSR count). The molecule has 0 N–H and O–H groups in total. The standard InChI is InChI=1S/C15H11Cl2O2/c16-12-3-1-11(14(17)7-12)9-19-13-4-2-10-5-6-18-15(10)8-13/h1-5,7-8H,6,9H2. The number of benzene rings is 2. The van der Waals surface area contributed by atoms with E-state index in [1.54, 1.807) is 12.1 Å². The summed E-state index contributed by atoms with van der Waals surface area (Å²) in [6.07, 6.45) is 2.04. The summed E-state index contributed by atoms with van der Waals surface area (Å²) in [6, 6.07) is 11.2. The quantitative estimate of drug-likeness (QED) is 0.828. The minimum Gasteiger partial charge on any atom is -0.492 e. The second-order valence-electron chi connectivity index (χ2n) is 4.24. The molecule has 0 fully saturated rings. The van der Waals surface area contributed by atoms with E-state index < -0.39 is 0 Å². The van der Waals surface area contributed by atoms with Crippen molar-refractivity contribution in [2.45, 2.75) is 6.61 Å². The number of ether oxygens (including phenoxy) is 2. The zero-order valence-corrected chi connectivity index (χ0v) is 11.5. The predicted octanol–water partition coefficient (Wildman–Crippen LogP) is 4.52. The first-order valence-corrected chi connectivity index (χ1v) is 6.65. The van der Waals surface area contributed by atoms with Gasteiger partial charge in [-0.25, -0.2) is 0 Å². The van der Waals surface area contributed by atoms with E-state index in [0.29, 0.717) is 23.3 Å². The fourth-order valence-corrected chi connectivity index (χ4v) is 2.38. The van der Waals surface area contributed by atoms with Gasteiger partial charge in [0.25, 0.3) is 0 Å². The van der Waals surface area contributed by atoms with Crippen molar-refractivity contribution in [3.05, 3.63) is 64.0 Å². The highest BCUT2D eigenvalue weighted by molar-refractivity contribution is 6.35. The molecule has 0 spiro atoms. The highest BCUT2D eigenvalue weighted by Gasteiger charge is 2.13. The van der Waals surface area contributed by atoms with Crippen molar-refractivity contribution in [2.24, 2.45) is 0 Å². The van der Waals surface area contributed by atoms with Crippen LogP contribution in [0, 0.1) is 6.42 Å². The first-order valence-electron chi connectivity index (χ1n) is 5.89. The maximum Gasteiger partial charge on any atom is 0.126 e. The Hall–Kier alpha value is -1.38. The summed E-state index contributed by atoms with van der Waals surface area (Å²) < 4.78 is 11.2. The normalized spacial score (nSPS) is 12.9. The topological polar surface area (TPSA) is 18.5 Å². The molecule has 1 aliphatic heterocycles. The molecule has 97 valence electrons. The summed E-state index contributed by atoms with van der Waals surface area (Å²) in [4.78, 5) is 0. The number of hydrogen-bond donors (Lipinski definition) is 0. The van der Waals surface area contributed by atoms with Gasteiger partial charge in [0.2, 0.25) is 0 Å². The van der Waals surface area contributed by atoms with Crippen molar-refractivity contribution in [1.29, 1.82) is 0 Å². The van der Waals surface area contributed by atoms with E-state index >= 15 is 0 Å². The number of fused-ring (bicyclic) bond motifs is 1. The van der Waals surface area contributed by atoms with Crippen LogP contribution in [0.2, 0.25) is 10.0 Å². The Bertz CT molecular complexity index is 611. The molecular weight excluding hydrogens is 283 g/mol. The molecule has 1 heterocycles. The SMILES string of the molecule is Clc1ccc(COc2ccc3c(c2)OC[CH]3)c(Cl)c1. The molecule has 2 aromatic carbocycles. The zero-order chi connectivity index (χ0) is 13.2. The van der Waals surface area contributed by atoms with Crippen LogP contribution in [0.1, 0.15) is 11.1 Å². The molecule has 0 bridgehead atoms. The Kier molecular flexibility index (Phi) is 3.54. The van der Waals surface area contributed by atoms with Gasteiger partial charge in [-0.05, 0) is 18.2 Å². The van der Waals surface area contributed by atoms with Crippen LogP contribution in [0.25, 0.3) is 0 Å². The smallest absolute Gasteiger partial charge is 0.126 e. The van der Waals surface area contributed by atoms with E-state index in [0.717, 1.165) is 22.6 Å². The fraction of sp³-hybridized carbons (Fsp3) is 0.133. The summed E-state index contributed by atoms with van der Waals surface area (Å²) >= 11 is 11.9. The van der Waals surface area contributed by atoms with Crippen LogP contribution >= 0.6 is 23.2 Å². The lowest BCUT2D eigenvalue weighted by Crippen LogP contribution is -1.96. The molecule has 0 unspecified atom stereocenters. The fourth-order valence-electron chi connectivity index (χ4n) is 1.92. The Morgan fingerprint density at radius 1 is 1.11 bits per heavy atom. The third-order valence-corrected chi connectivity index (χ3v) is 3.52. The van der Waals surface area contributed by atoms with Gasteiger partial charge in [0.05, 0.1) is 6.61 Å². The average Bonchev–Trinajstić information content (AvgIpc) is 2.85. The van der Waals surface area contributed by atoms with Crippen LogP contribution in [0.5, 0.6) is 11.5 Å². The van der Waals surface area contributed by atoms with Crippen LogP contribution in [0.3, 0.4) is 0 Å². The molecule has 1 radical (unpaired) electrons. The van der Waals surface area contributed by atoms with Gasteiger partial charge in [0.1, 0.15) is 18.1 Å². The van der Waals surface area contributed by atoms with E-state index in [9.17, 15) is 0 Å². The van der Waals surface area contributed by atoms with Gasteiger partial charge in [-0.2, -0.15) is 0 Å². The summed E-state index contributed by atoms with van der Waals surface area (Å²) in [5.41, 5.74) is 2.01. The molecule has 2 nitrogen and oxygen atoms in total. The third-order valence-electron chi connectivity index (χ3n) is 2.94. The highest BCUT2D eigenvalue weighted by Crippen LogP contribution is 2.31. The van der Waals surface area contributed by atoms with Crippen molar-refractivity contribution in [3.63, 3.8) is 0 Å². The highest BCUT2D eigenvalue weighted by atomic mass is 35.5. The Labute approximate surface area is 121 Å². The average molecular weight is 294 g/mol. The minimum atomic E-state index is 0.401. The van der Waals surface area contributed by atoms with E-state index in [-0.39, 0.29) is 0 Å². The van der Waals surface area contributed by atoms with Gasteiger partial charge in [-0.1, -0.05) is 35.3 Å². The maximum absolute atomic E-state index is 6.10. The minimum absolute atomic E-state index is 0.401. The largest absolute Gasteiger partial charge is 0.492 e. The molecule has 4 heteroatoms. The predicted molar refractivity (Wildman–Crippen MR) is 76.1 cm³/mol. The van der Waals surface area contributed by atoms with E-state index in [1.165, 1.54) is 0 Å². The molecule has 0 aliphatic carbocycles. The molecule has 1 aliphatic rings. The maximum atomic E-state index is 6.10. The van der Waals surface area contributed by atoms with E-state index in [4.69, 9.17) is 32.7 Å². The van der Waals surface area contributed by atoms with Gasteiger partial charge in [-0.15, -0.1) is 0 Å². The van der Waals surface area contributed by atoms with Crippen LogP contribution in [0.4, 0.5) is 0 Å². The van der Waals surface area contributed by atoms with Crippen molar-refractivity contribution < 1.29 is 9.47 Å². The van der Waals surface area contributed by atoms with Crippen LogP contribution in [-0.2, 0) is 6.61 Å². The molecule has 0 atom stereocenters. The first kappa shape index (κ1) is 12.6. The summed E-state index contributed by atoms with van der Waals surface area (Å²) in [6.45, 7) is 1.03. The van der Waals surface area contributed by atoms with Crippen LogP contribution in [-0.4, -0.2) is 6.61 Å². The number of halogens is 2. The number of rotatable bonds is 3. The van der Waals surface area contributed by atoms with E-state index in [1.807, 2.05) is 30.7 Å². The third kappa shape index (κ3) is 2.80. The lowest BCUT2D eigenvalue weighted by molar-refractivity contribution is 0.303. The lowest BCUT2D eigenvalue weighted by atomic mass is 10.2. The Balaban J connectivity index is 1.72. The van der Waals surface area contributed by atoms with Crippen molar-refractivity contribution in [1.82, 2.24) is 0 Å². The summed E-state index contributed by atoms with van der Waals surface area (Å²) in [5, 5.41) is 1.23. The summed E-state index contributed by atoms with van der Waals surface area (Å²) in [7, 11) is 0. The molecule has 2 aromatic rings. The van der Waals surface area contributed by atoms with Gasteiger partial charge in [0, 0.05) is 33.7 Å². The van der Waals surface area contributed by atoms with Crippen LogP contribution in [0.15, 0.2) is 36.4 Å². The van der Waals surface area contributed by atoms with Crippen molar-refractivity contribution in [3.8, 4) is 11.5 Å². The van der Waals surface area contributed by atoms with Gasteiger partial charge in [-0.3, -0.25) is 0 Å². The molecule has 0 amide bonds. The van der Waals surface area contributed by atoms with Gasteiger partial charge in [0.15, 0.2) is 0 Å². The second-order valence-corrected chi connectivity index (χ2v) is 5.08. The second kappa shape index (κ2) is 5.32. The van der Waals surface area contributed by atoms with Gasteiger partial charge < -0.3 is 9.47 Å². The van der Waals surface area contributed by atoms with Crippen molar-refractivity contribution in [2.75, 3.05) is 6.61 Å². The lowest BCUT2D eigenvalue weighted by Gasteiger charge is -2.09. The van der Waals surface area contributed by atoms with Gasteiger partial charge >= 0.3 is 0 Å². The summed E-state index contributed by atoms with van der Waals surface area (Å²) in [5.74, 6) is 1.62. The molecular formula is C15H11Cl2O2. The zero-order valence-electron chi connectivity index (χ0n) is 10.0. The van der Waals surface area contributed by atoms with Crippen molar-refractivity contribution >= 4 is 23.2 Å². The monoisotopic (exact) mass is 293 g/mol. The first-order chi connectivity index (χ1) is 9.22. The van der Waals surface area contributed by atoms with Crippen LogP contribution < -0.4 is 9.47 Å². The van der Waals surface area contributed by atoms with E-state index in [2.05, 4.69) is 0 Å². The molecule has 0 aromatic heterocycles.